The summed E-state index contributed by atoms with van der Waals surface area (Å²) in [6, 6.07) is 10.3. The Balaban J connectivity index is 2.09. The number of pyridine rings is 1. The van der Waals surface area contributed by atoms with Crippen LogP contribution in [0.5, 0.6) is 0 Å². The van der Waals surface area contributed by atoms with Crippen molar-refractivity contribution in [2.45, 2.75) is 46.1 Å². The SMILES string of the molecule is CCC(C)NC(=O)c1cncc(Nc2ccc(C(C)C)cc2)c1. The van der Waals surface area contributed by atoms with Crippen LogP contribution in [0.2, 0.25) is 0 Å². The minimum absolute atomic E-state index is 0.0920. The Labute approximate surface area is 138 Å². The van der Waals surface area contributed by atoms with Crippen molar-refractivity contribution in [2.24, 2.45) is 0 Å². The second kappa shape index (κ2) is 7.77. The minimum atomic E-state index is -0.0920. The summed E-state index contributed by atoms with van der Waals surface area (Å²) in [5.41, 5.74) is 3.65. The Kier molecular flexibility index (Phi) is 5.74. The van der Waals surface area contributed by atoms with Gasteiger partial charge in [0, 0.05) is 17.9 Å². The molecule has 1 atom stereocenters. The van der Waals surface area contributed by atoms with Crippen molar-refractivity contribution in [2.75, 3.05) is 5.32 Å². The average molecular weight is 311 g/mol. The lowest BCUT2D eigenvalue weighted by atomic mass is 10.0. The van der Waals surface area contributed by atoms with Crippen molar-refractivity contribution in [3.8, 4) is 0 Å². The molecule has 0 spiro atoms. The Bertz CT molecular complexity index is 650. The lowest BCUT2D eigenvalue weighted by molar-refractivity contribution is 0.0939. The van der Waals surface area contributed by atoms with Gasteiger partial charge >= 0.3 is 0 Å². The highest BCUT2D eigenvalue weighted by atomic mass is 16.1. The Morgan fingerprint density at radius 1 is 1.09 bits per heavy atom. The number of aromatic nitrogens is 1. The van der Waals surface area contributed by atoms with Gasteiger partial charge in [0.1, 0.15) is 0 Å². The Morgan fingerprint density at radius 2 is 1.78 bits per heavy atom. The van der Waals surface area contributed by atoms with E-state index >= 15 is 0 Å². The molecule has 2 rings (SSSR count). The zero-order chi connectivity index (χ0) is 16.8. The van der Waals surface area contributed by atoms with Crippen molar-refractivity contribution in [3.05, 3.63) is 53.9 Å². The van der Waals surface area contributed by atoms with Crippen LogP contribution in [0, 0.1) is 0 Å². The Hall–Kier alpha value is -2.36. The maximum absolute atomic E-state index is 12.2. The second-order valence-corrected chi connectivity index (χ2v) is 6.15. The number of rotatable bonds is 6. The van der Waals surface area contributed by atoms with Gasteiger partial charge in [-0.05, 0) is 43.0 Å². The third-order valence-corrected chi connectivity index (χ3v) is 3.86. The molecule has 2 aromatic rings. The van der Waals surface area contributed by atoms with E-state index in [-0.39, 0.29) is 11.9 Å². The van der Waals surface area contributed by atoms with Crippen LogP contribution >= 0.6 is 0 Å². The summed E-state index contributed by atoms with van der Waals surface area (Å²) in [4.78, 5) is 16.3. The number of nitrogens with one attached hydrogen (secondary N) is 2. The van der Waals surface area contributed by atoms with Gasteiger partial charge in [-0.1, -0.05) is 32.9 Å². The molecule has 1 aromatic carbocycles. The van der Waals surface area contributed by atoms with Gasteiger partial charge in [0.2, 0.25) is 0 Å². The predicted molar refractivity (Wildman–Crippen MR) is 95.3 cm³/mol. The van der Waals surface area contributed by atoms with E-state index in [0.29, 0.717) is 11.5 Å². The van der Waals surface area contributed by atoms with Gasteiger partial charge in [0.15, 0.2) is 0 Å². The van der Waals surface area contributed by atoms with Crippen LogP contribution in [0.25, 0.3) is 0 Å². The summed E-state index contributed by atoms with van der Waals surface area (Å²) >= 11 is 0. The molecule has 1 unspecified atom stereocenters. The molecule has 0 aliphatic heterocycles. The summed E-state index contributed by atoms with van der Waals surface area (Å²) in [6.07, 6.45) is 4.21. The number of anilines is 2. The molecule has 2 N–H and O–H groups in total. The highest BCUT2D eigenvalue weighted by Crippen LogP contribution is 2.20. The van der Waals surface area contributed by atoms with E-state index in [2.05, 4.69) is 41.6 Å². The summed E-state index contributed by atoms with van der Waals surface area (Å²) in [5.74, 6) is 0.420. The van der Waals surface area contributed by atoms with Crippen LogP contribution in [0.4, 0.5) is 11.4 Å². The van der Waals surface area contributed by atoms with E-state index in [1.165, 1.54) is 5.56 Å². The van der Waals surface area contributed by atoms with Crippen molar-refractivity contribution in [3.63, 3.8) is 0 Å². The molecule has 4 heteroatoms. The maximum atomic E-state index is 12.2. The molecule has 1 amide bonds. The van der Waals surface area contributed by atoms with E-state index < -0.39 is 0 Å². The molecule has 0 radical (unpaired) electrons. The first-order valence-electron chi connectivity index (χ1n) is 8.12. The molecule has 1 heterocycles. The molecule has 122 valence electrons. The quantitative estimate of drug-likeness (QED) is 0.827. The minimum Gasteiger partial charge on any atom is -0.354 e. The van der Waals surface area contributed by atoms with Crippen LogP contribution in [0.3, 0.4) is 0 Å². The highest BCUT2D eigenvalue weighted by molar-refractivity contribution is 5.95. The number of carbonyl (C=O) groups excluding carboxylic acids is 1. The first-order valence-corrected chi connectivity index (χ1v) is 8.12. The zero-order valence-electron chi connectivity index (χ0n) is 14.3. The maximum Gasteiger partial charge on any atom is 0.253 e. The molecule has 0 fully saturated rings. The third kappa shape index (κ3) is 4.81. The van der Waals surface area contributed by atoms with Crippen molar-refractivity contribution >= 4 is 17.3 Å². The Morgan fingerprint density at radius 3 is 2.39 bits per heavy atom. The molecule has 0 bridgehead atoms. The topological polar surface area (TPSA) is 54.0 Å². The smallest absolute Gasteiger partial charge is 0.253 e. The summed E-state index contributed by atoms with van der Waals surface area (Å²) in [5, 5.41) is 6.24. The van der Waals surface area contributed by atoms with Crippen LogP contribution in [0.1, 0.15) is 56.0 Å². The first-order chi connectivity index (χ1) is 11.0. The van der Waals surface area contributed by atoms with Crippen LogP contribution in [-0.2, 0) is 0 Å². The fourth-order valence-corrected chi connectivity index (χ4v) is 2.16. The third-order valence-electron chi connectivity index (χ3n) is 3.86. The number of amides is 1. The zero-order valence-corrected chi connectivity index (χ0v) is 14.3. The predicted octanol–water partition coefficient (Wildman–Crippen LogP) is 4.48. The van der Waals surface area contributed by atoms with Gasteiger partial charge in [-0.2, -0.15) is 0 Å². The van der Waals surface area contributed by atoms with E-state index in [0.717, 1.165) is 17.8 Å². The summed E-state index contributed by atoms with van der Waals surface area (Å²) in [6.45, 7) is 8.38. The number of hydrogen-bond donors (Lipinski definition) is 2. The standard InChI is InChI=1S/C19H25N3O/c1-5-14(4)21-19(23)16-10-18(12-20-11-16)22-17-8-6-15(7-9-17)13(2)3/h6-14,22H,5H2,1-4H3,(H,21,23). The molecule has 0 aliphatic carbocycles. The molecular formula is C19H25N3O. The van der Waals surface area contributed by atoms with E-state index in [1.54, 1.807) is 12.4 Å². The molecule has 0 aliphatic rings. The molecular weight excluding hydrogens is 286 g/mol. The van der Waals surface area contributed by atoms with E-state index in [1.807, 2.05) is 32.0 Å². The molecule has 0 saturated carbocycles. The van der Waals surface area contributed by atoms with E-state index in [4.69, 9.17) is 0 Å². The molecule has 4 nitrogen and oxygen atoms in total. The molecule has 0 saturated heterocycles. The fraction of sp³-hybridized carbons (Fsp3) is 0.368. The lowest BCUT2D eigenvalue weighted by Gasteiger charge is -2.12. The van der Waals surface area contributed by atoms with Crippen LogP contribution in [0.15, 0.2) is 42.7 Å². The number of nitrogens with zero attached hydrogens (tertiary/aromatic N) is 1. The fourth-order valence-electron chi connectivity index (χ4n) is 2.16. The van der Waals surface area contributed by atoms with Crippen LogP contribution in [-0.4, -0.2) is 16.9 Å². The number of carbonyl (C=O) groups is 1. The number of hydrogen-bond acceptors (Lipinski definition) is 3. The second-order valence-electron chi connectivity index (χ2n) is 6.15. The lowest BCUT2D eigenvalue weighted by Crippen LogP contribution is -2.31. The summed E-state index contributed by atoms with van der Waals surface area (Å²) in [7, 11) is 0. The molecule has 23 heavy (non-hydrogen) atoms. The van der Waals surface area contributed by atoms with Gasteiger partial charge in [0.05, 0.1) is 17.4 Å². The monoisotopic (exact) mass is 311 g/mol. The van der Waals surface area contributed by atoms with Gasteiger partial charge in [-0.15, -0.1) is 0 Å². The van der Waals surface area contributed by atoms with Crippen molar-refractivity contribution in [1.82, 2.24) is 10.3 Å². The van der Waals surface area contributed by atoms with Crippen molar-refractivity contribution < 1.29 is 4.79 Å². The largest absolute Gasteiger partial charge is 0.354 e. The van der Waals surface area contributed by atoms with Gasteiger partial charge < -0.3 is 10.6 Å². The van der Waals surface area contributed by atoms with Gasteiger partial charge in [0.25, 0.3) is 5.91 Å². The molecule has 1 aromatic heterocycles. The normalized spacial score (nSPS) is 12.0. The average Bonchev–Trinajstić information content (AvgIpc) is 2.55. The first kappa shape index (κ1) is 17.0. The van der Waals surface area contributed by atoms with Gasteiger partial charge in [-0.3, -0.25) is 9.78 Å². The number of benzene rings is 1. The van der Waals surface area contributed by atoms with Crippen molar-refractivity contribution in [1.29, 1.82) is 0 Å². The highest BCUT2D eigenvalue weighted by Gasteiger charge is 2.09. The van der Waals surface area contributed by atoms with Gasteiger partial charge in [-0.25, -0.2) is 0 Å². The van der Waals surface area contributed by atoms with E-state index in [9.17, 15) is 4.79 Å². The van der Waals surface area contributed by atoms with Crippen LogP contribution < -0.4 is 10.6 Å². The summed E-state index contributed by atoms with van der Waals surface area (Å²) < 4.78 is 0.